The number of pyridine rings is 1. The molecule has 8 heteroatoms. The molecule has 1 N–H and O–H groups in total. The summed E-state index contributed by atoms with van der Waals surface area (Å²) in [6.45, 7) is 2.22. The van der Waals surface area contributed by atoms with E-state index in [0.29, 0.717) is 27.7 Å². The van der Waals surface area contributed by atoms with E-state index in [1.54, 1.807) is 41.1 Å². The number of ketones is 1. The number of hydrogen-bond acceptors (Lipinski definition) is 3. The van der Waals surface area contributed by atoms with E-state index in [4.69, 9.17) is 34.8 Å². The van der Waals surface area contributed by atoms with Crippen LogP contribution >= 0.6 is 34.8 Å². The van der Waals surface area contributed by atoms with Gasteiger partial charge in [-0.05, 0) is 48.9 Å². The molecule has 0 aliphatic heterocycles. The second kappa shape index (κ2) is 8.71. The molecule has 156 valence electrons. The maximum atomic E-state index is 13.1. The lowest BCUT2D eigenvalue weighted by atomic mass is 10.1. The summed E-state index contributed by atoms with van der Waals surface area (Å²) in [4.78, 5) is 29.7. The molecular formula is C23H16Cl3N3O2. The highest BCUT2D eigenvalue weighted by Crippen LogP contribution is 2.33. The summed E-state index contributed by atoms with van der Waals surface area (Å²) in [5, 5.41) is 4.34. The molecule has 0 atom stereocenters. The maximum Gasteiger partial charge on any atom is 0.296 e. The number of anilines is 1. The molecule has 2 heterocycles. The fourth-order valence-corrected chi connectivity index (χ4v) is 4.17. The van der Waals surface area contributed by atoms with Crippen LogP contribution in [0, 0.1) is 6.92 Å². The number of carbonyl (C=O) groups excluding carboxylic acids is 2. The topological polar surface area (TPSA) is 64.0 Å². The number of fused-ring (bicyclic) bond motifs is 1. The number of aromatic nitrogens is 2. The van der Waals surface area contributed by atoms with E-state index < -0.39 is 11.7 Å². The van der Waals surface area contributed by atoms with Crippen molar-refractivity contribution >= 4 is 63.1 Å². The largest absolute Gasteiger partial charge is 0.326 e. The lowest BCUT2D eigenvalue weighted by Gasteiger charge is -2.10. The number of hydrogen-bond donors (Lipinski definition) is 1. The van der Waals surface area contributed by atoms with Crippen LogP contribution in [-0.4, -0.2) is 21.2 Å². The average Bonchev–Trinajstić information content (AvgIpc) is 3.00. The zero-order valence-corrected chi connectivity index (χ0v) is 18.6. The summed E-state index contributed by atoms with van der Waals surface area (Å²) in [5.74, 6) is -1.52. The number of nitrogens with zero attached hydrogens (tertiary/aromatic N) is 2. The standard InChI is InChI=1S/C23H16Cl3N3O2/c1-13-4-7-19-17(9-13)20(21(30)23(31)28-16-3-2-8-27-11-16)22(26)29(19)12-14-5-6-15(24)10-18(14)25/h2-11H,12H2,1H3,(H,28,31). The molecule has 4 aromatic rings. The monoisotopic (exact) mass is 471 g/mol. The van der Waals surface area contributed by atoms with Crippen LogP contribution in [0.2, 0.25) is 15.2 Å². The number of nitrogens with one attached hydrogen (secondary N) is 1. The van der Waals surface area contributed by atoms with E-state index in [0.717, 1.165) is 16.6 Å². The lowest BCUT2D eigenvalue weighted by Crippen LogP contribution is -2.23. The van der Waals surface area contributed by atoms with Gasteiger partial charge in [0.05, 0.1) is 29.5 Å². The first-order valence-electron chi connectivity index (χ1n) is 9.33. The van der Waals surface area contributed by atoms with Crippen LogP contribution in [0.15, 0.2) is 60.9 Å². The third-order valence-electron chi connectivity index (χ3n) is 4.85. The van der Waals surface area contributed by atoms with Crippen molar-refractivity contribution in [3.8, 4) is 0 Å². The third-order valence-corrected chi connectivity index (χ3v) is 5.83. The van der Waals surface area contributed by atoms with Gasteiger partial charge in [-0.25, -0.2) is 0 Å². The van der Waals surface area contributed by atoms with E-state index in [-0.39, 0.29) is 10.7 Å². The van der Waals surface area contributed by atoms with Crippen LogP contribution in [0.5, 0.6) is 0 Å². The minimum atomic E-state index is -0.792. The van der Waals surface area contributed by atoms with Crippen LogP contribution < -0.4 is 5.32 Å². The first-order valence-corrected chi connectivity index (χ1v) is 10.5. The fourth-order valence-electron chi connectivity index (χ4n) is 3.37. The number of aryl methyl sites for hydroxylation is 1. The van der Waals surface area contributed by atoms with Gasteiger partial charge in [-0.2, -0.15) is 0 Å². The average molecular weight is 473 g/mol. The van der Waals surface area contributed by atoms with Crippen LogP contribution in [0.3, 0.4) is 0 Å². The molecule has 1 amide bonds. The molecule has 0 saturated carbocycles. The molecule has 0 fully saturated rings. The summed E-state index contributed by atoms with van der Waals surface area (Å²) in [7, 11) is 0. The van der Waals surface area contributed by atoms with Gasteiger partial charge in [0.15, 0.2) is 0 Å². The Hall–Kier alpha value is -2.86. The van der Waals surface area contributed by atoms with Gasteiger partial charge in [0.1, 0.15) is 5.15 Å². The van der Waals surface area contributed by atoms with Gasteiger partial charge in [-0.1, -0.05) is 52.5 Å². The Morgan fingerprint density at radius 1 is 1.06 bits per heavy atom. The van der Waals surface area contributed by atoms with Gasteiger partial charge in [0, 0.05) is 21.6 Å². The molecule has 5 nitrogen and oxygen atoms in total. The third kappa shape index (κ3) is 4.30. The minimum absolute atomic E-state index is 0.145. The number of Topliss-reactive ketones (excluding diaryl/α,β-unsaturated/α-hetero) is 1. The highest BCUT2D eigenvalue weighted by atomic mass is 35.5. The van der Waals surface area contributed by atoms with Gasteiger partial charge in [-0.15, -0.1) is 0 Å². The number of benzene rings is 2. The molecule has 0 aliphatic carbocycles. The molecule has 0 saturated heterocycles. The molecule has 31 heavy (non-hydrogen) atoms. The van der Waals surface area contributed by atoms with Crippen LogP contribution in [0.1, 0.15) is 21.5 Å². The van der Waals surface area contributed by atoms with Crippen molar-refractivity contribution < 1.29 is 9.59 Å². The highest BCUT2D eigenvalue weighted by molar-refractivity contribution is 6.51. The van der Waals surface area contributed by atoms with Crippen molar-refractivity contribution in [2.45, 2.75) is 13.5 Å². The van der Waals surface area contributed by atoms with Crippen molar-refractivity contribution in [3.63, 3.8) is 0 Å². The van der Waals surface area contributed by atoms with Crippen molar-refractivity contribution in [3.05, 3.63) is 92.8 Å². The molecule has 0 spiro atoms. The predicted molar refractivity (Wildman–Crippen MR) is 124 cm³/mol. The summed E-state index contributed by atoms with van der Waals surface area (Å²) < 4.78 is 1.76. The smallest absolute Gasteiger partial charge is 0.296 e. The Balaban J connectivity index is 1.78. The molecule has 0 unspecified atom stereocenters. The van der Waals surface area contributed by atoms with E-state index in [9.17, 15) is 9.59 Å². The Kier molecular flexibility index (Phi) is 6.01. The van der Waals surface area contributed by atoms with Gasteiger partial charge < -0.3 is 9.88 Å². The summed E-state index contributed by atoms with van der Waals surface area (Å²) in [6, 6.07) is 14.1. The van der Waals surface area contributed by atoms with E-state index in [1.165, 1.54) is 6.20 Å². The van der Waals surface area contributed by atoms with Crippen LogP contribution in [-0.2, 0) is 11.3 Å². The second-order valence-electron chi connectivity index (χ2n) is 7.03. The minimum Gasteiger partial charge on any atom is -0.326 e. The van der Waals surface area contributed by atoms with E-state index in [1.807, 2.05) is 25.1 Å². The first kappa shape index (κ1) is 21.4. The molecule has 0 radical (unpaired) electrons. The summed E-state index contributed by atoms with van der Waals surface area (Å²) in [5.41, 5.74) is 3.01. The first-order chi connectivity index (χ1) is 14.8. The quantitative estimate of drug-likeness (QED) is 0.279. The second-order valence-corrected chi connectivity index (χ2v) is 8.23. The number of carbonyl (C=O) groups is 2. The number of amides is 1. The Bertz CT molecular complexity index is 1320. The SMILES string of the molecule is Cc1ccc2c(c1)c(C(=O)C(=O)Nc1cccnc1)c(Cl)n2Cc1ccc(Cl)cc1Cl. The van der Waals surface area contributed by atoms with E-state index in [2.05, 4.69) is 10.3 Å². The Labute approximate surface area is 193 Å². The zero-order chi connectivity index (χ0) is 22.1. The number of rotatable bonds is 5. The Morgan fingerprint density at radius 2 is 1.87 bits per heavy atom. The van der Waals surface area contributed by atoms with Crippen LogP contribution in [0.25, 0.3) is 10.9 Å². The van der Waals surface area contributed by atoms with Crippen molar-refractivity contribution in [1.29, 1.82) is 0 Å². The van der Waals surface area contributed by atoms with Crippen molar-refractivity contribution in [2.75, 3.05) is 5.32 Å². The van der Waals surface area contributed by atoms with Gasteiger partial charge in [-0.3, -0.25) is 14.6 Å². The van der Waals surface area contributed by atoms with Gasteiger partial charge in [0.25, 0.3) is 11.7 Å². The normalized spacial score (nSPS) is 11.0. The van der Waals surface area contributed by atoms with Crippen LogP contribution in [0.4, 0.5) is 5.69 Å². The molecule has 2 aromatic carbocycles. The predicted octanol–water partition coefficient (Wildman–Crippen LogP) is 6.17. The Morgan fingerprint density at radius 3 is 2.58 bits per heavy atom. The van der Waals surface area contributed by atoms with E-state index >= 15 is 0 Å². The molecule has 2 aromatic heterocycles. The van der Waals surface area contributed by atoms with Crippen molar-refractivity contribution in [2.24, 2.45) is 0 Å². The summed E-state index contributed by atoms with van der Waals surface area (Å²) >= 11 is 19.0. The maximum absolute atomic E-state index is 13.1. The lowest BCUT2D eigenvalue weighted by molar-refractivity contribution is -0.112. The van der Waals surface area contributed by atoms with Gasteiger partial charge >= 0.3 is 0 Å². The molecule has 0 bridgehead atoms. The zero-order valence-electron chi connectivity index (χ0n) is 16.3. The fraction of sp³-hybridized carbons (Fsp3) is 0.0870. The summed E-state index contributed by atoms with van der Waals surface area (Å²) in [6.07, 6.45) is 3.04. The van der Waals surface area contributed by atoms with Crippen molar-refractivity contribution in [1.82, 2.24) is 9.55 Å². The molecular weight excluding hydrogens is 457 g/mol. The number of halogens is 3. The molecule has 0 aliphatic rings. The highest BCUT2D eigenvalue weighted by Gasteiger charge is 2.27. The molecule has 4 rings (SSSR count). The van der Waals surface area contributed by atoms with Gasteiger partial charge in [0.2, 0.25) is 0 Å².